The summed E-state index contributed by atoms with van der Waals surface area (Å²) in [5, 5.41) is 43.9. The Balaban J connectivity index is 1.48. The molecule has 2 amide bonds. The van der Waals surface area contributed by atoms with E-state index in [2.05, 4.69) is 5.32 Å². The smallest absolute Gasteiger partial charge is 0.253 e. The lowest BCUT2D eigenvalue weighted by Crippen LogP contribution is -2.60. The summed E-state index contributed by atoms with van der Waals surface area (Å²) in [6.45, 7) is 1.77. The van der Waals surface area contributed by atoms with Crippen molar-refractivity contribution in [3.63, 3.8) is 0 Å². The molecule has 1 fully saturated rings. The number of carbonyl (C=O) groups excluding carboxylic acids is 2. The van der Waals surface area contributed by atoms with Crippen molar-refractivity contribution < 1.29 is 39.6 Å². The van der Waals surface area contributed by atoms with Gasteiger partial charge >= 0.3 is 0 Å². The number of hydrogen-bond donors (Lipinski definition) is 5. The molecule has 6 unspecified atom stereocenters. The Bertz CT molecular complexity index is 991. The van der Waals surface area contributed by atoms with Gasteiger partial charge in [-0.05, 0) is 37.1 Å². The molecule has 0 radical (unpaired) electrons. The number of anilines is 1. The van der Waals surface area contributed by atoms with Gasteiger partial charge in [-0.3, -0.25) is 9.59 Å². The van der Waals surface area contributed by atoms with Crippen molar-refractivity contribution in [2.45, 2.75) is 69.7 Å². The molecule has 10 heteroatoms. The van der Waals surface area contributed by atoms with Gasteiger partial charge in [0, 0.05) is 18.0 Å². The molecule has 0 bridgehead atoms. The molecule has 1 heterocycles. The van der Waals surface area contributed by atoms with Crippen molar-refractivity contribution in [1.29, 1.82) is 0 Å². The lowest BCUT2D eigenvalue weighted by Gasteiger charge is -2.41. The fraction of sp³-hybridized carbons (Fsp3) is 0.500. The Hall–Kier alpha value is -2.86. The molecule has 10 nitrogen and oxygen atoms in total. The molecule has 5 N–H and O–H groups in total. The van der Waals surface area contributed by atoms with Crippen LogP contribution in [0.15, 0.2) is 60.7 Å². The van der Waals surface area contributed by atoms with Crippen LogP contribution in [0.3, 0.4) is 0 Å². The summed E-state index contributed by atoms with van der Waals surface area (Å²) in [6.07, 6.45) is -3.40. The fourth-order valence-electron chi connectivity index (χ4n) is 4.21. The molecule has 2 aromatic carbocycles. The van der Waals surface area contributed by atoms with Gasteiger partial charge in [0.1, 0.15) is 24.4 Å². The second-order valence-corrected chi connectivity index (χ2v) is 9.50. The highest BCUT2D eigenvalue weighted by Gasteiger charge is 2.45. The van der Waals surface area contributed by atoms with Crippen LogP contribution >= 0.6 is 0 Å². The van der Waals surface area contributed by atoms with E-state index in [1.807, 2.05) is 18.2 Å². The fourth-order valence-corrected chi connectivity index (χ4v) is 4.21. The molecule has 2 aromatic rings. The van der Waals surface area contributed by atoms with Gasteiger partial charge in [-0.1, -0.05) is 62.6 Å². The van der Waals surface area contributed by atoms with Crippen molar-refractivity contribution in [1.82, 2.24) is 5.32 Å². The summed E-state index contributed by atoms with van der Waals surface area (Å²) in [5.41, 5.74) is 1.05. The second kappa shape index (κ2) is 14.9. The molecule has 3 rings (SSSR count). The molecule has 208 valence electrons. The number of aliphatic hydroxyl groups excluding tert-OH is 4. The number of rotatable bonds is 13. The largest absolute Gasteiger partial charge is 0.394 e. The summed E-state index contributed by atoms with van der Waals surface area (Å²) >= 11 is 0. The monoisotopic (exact) mass is 530 g/mol. The topological polar surface area (TPSA) is 149 Å². The first kappa shape index (κ1) is 29.7. The summed E-state index contributed by atoms with van der Waals surface area (Å²) in [7, 11) is 0. The van der Waals surface area contributed by atoms with Crippen LogP contribution < -0.4 is 10.4 Å². The molecule has 0 saturated carbocycles. The van der Waals surface area contributed by atoms with Gasteiger partial charge in [0.05, 0.1) is 12.3 Å². The van der Waals surface area contributed by atoms with E-state index < -0.39 is 43.2 Å². The maximum absolute atomic E-state index is 13.4. The zero-order valence-corrected chi connectivity index (χ0v) is 21.6. The number of nitrogens with zero attached hydrogens (tertiary/aromatic N) is 1. The summed E-state index contributed by atoms with van der Waals surface area (Å²) < 4.78 is 5.44. The van der Waals surface area contributed by atoms with Gasteiger partial charge in [-0.2, -0.15) is 5.06 Å². The van der Waals surface area contributed by atoms with E-state index in [0.717, 1.165) is 30.7 Å². The van der Waals surface area contributed by atoms with E-state index in [9.17, 15) is 30.0 Å². The number of aliphatic hydroxyl groups is 4. The Morgan fingerprint density at radius 2 is 1.55 bits per heavy atom. The number of carbonyl (C=O) groups is 2. The highest BCUT2D eigenvalue weighted by molar-refractivity contribution is 5.94. The molecule has 0 aromatic heterocycles. The summed E-state index contributed by atoms with van der Waals surface area (Å²) in [6, 6.07) is 17.6. The first-order valence-electron chi connectivity index (χ1n) is 13.0. The number of amides is 2. The van der Waals surface area contributed by atoms with E-state index >= 15 is 0 Å². The third-order valence-corrected chi connectivity index (χ3v) is 6.56. The van der Waals surface area contributed by atoms with Crippen LogP contribution in [-0.2, 0) is 14.4 Å². The van der Waals surface area contributed by atoms with E-state index in [1.165, 1.54) is 0 Å². The van der Waals surface area contributed by atoms with Gasteiger partial charge < -0.3 is 30.5 Å². The standard InChI is InChI=1S/C28H38N2O8/c1-19(12-6-2-3-11-17-29-26(35)20-13-7-4-8-14-20)27(36)30(21-15-9-5-10-16-21)38-28-25(34)24(33)23(32)22(18-31)37-28/h4-5,7-10,13-16,19,22-25,28,31-34H,2-3,6,11-12,17-18H2,1H3,(H,29,35). The number of unbranched alkanes of at least 4 members (excludes halogenated alkanes) is 3. The summed E-state index contributed by atoms with van der Waals surface area (Å²) in [5.74, 6) is -0.869. The van der Waals surface area contributed by atoms with E-state index in [4.69, 9.17) is 9.57 Å². The van der Waals surface area contributed by atoms with Crippen LogP contribution in [0.5, 0.6) is 0 Å². The number of nitrogens with one attached hydrogen (secondary N) is 1. The maximum atomic E-state index is 13.4. The number of para-hydroxylation sites is 1. The Morgan fingerprint density at radius 3 is 2.21 bits per heavy atom. The number of benzene rings is 2. The lowest BCUT2D eigenvalue weighted by atomic mass is 9.99. The Morgan fingerprint density at radius 1 is 0.921 bits per heavy atom. The van der Waals surface area contributed by atoms with Gasteiger partial charge in [-0.15, -0.1) is 0 Å². The first-order chi connectivity index (χ1) is 18.3. The maximum Gasteiger partial charge on any atom is 0.253 e. The molecule has 1 saturated heterocycles. The first-order valence-corrected chi connectivity index (χ1v) is 13.0. The van der Waals surface area contributed by atoms with Crippen molar-refractivity contribution in [3.8, 4) is 0 Å². The molecule has 1 aliphatic rings. The van der Waals surface area contributed by atoms with Crippen LogP contribution in [0.2, 0.25) is 0 Å². The molecular formula is C28H38N2O8. The van der Waals surface area contributed by atoms with Crippen molar-refractivity contribution in [2.24, 2.45) is 5.92 Å². The van der Waals surface area contributed by atoms with Gasteiger partial charge in [0.2, 0.25) is 6.29 Å². The molecule has 38 heavy (non-hydrogen) atoms. The minimum Gasteiger partial charge on any atom is -0.394 e. The van der Waals surface area contributed by atoms with Crippen LogP contribution in [0.25, 0.3) is 0 Å². The van der Waals surface area contributed by atoms with Crippen LogP contribution in [-0.4, -0.2) is 76.1 Å². The molecule has 6 atom stereocenters. The van der Waals surface area contributed by atoms with E-state index in [0.29, 0.717) is 24.2 Å². The SMILES string of the molecule is CC(CCCCCCNC(=O)c1ccccc1)C(=O)N(OC1OC(CO)C(O)C(O)C1O)c1ccccc1. The lowest BCUT2D eigenvalue weighted by molar-refractivity contribution is -0.302. The Kier molecular flexibility index (Phi) is 11.7. The average molecular weight is 531 g/mol. The van der Waals surface area contributed by atoms with Gasteiger partial charge in [0.15, 0.2) is 0 Å². The highest BCUT2D eigenvalue weighted by atomic mass is 16.8. The van der Waals surface area contributed by atoms with E-state index in [-0.39, 0.29) is 11.8 Å². The predicted octanol–water partition coefficient (Wildman–Crippen LogP) is 1.77. The molecule has 0 spiro atoms. The summed E-state index contributed by atoms with van der Waals surface area (Å²) in [4.78, 5) is 31.2. The second-order valence-electron chi connectivity index (χ2n) is 9.50. The zero-order chi connectivity index (χ0) is 27.5. The Labute approximate surface area is 222 Å². The van der Waals surface area contributed by atoms with Crippen LogP contribution in [0.1, 0.15) is 49.4 Å². The van der Waals surface area contributed by atoms with Crippen molar-refractivity contribution in [2.75, 3.05) is 18.2 Å². The molecule has 0 aliphatic carbocycles. The third-order valence-electron chi connectivity index (χ3n) is 6.56. The van der Waals surface area contributed by atoms with Gasteiger partial charge in [-0.25, -0.2) is 4.84 Å². The average Bonchev–Trinajstić information content (AvgIpc) is 2.95. The van der Waals surface area contributed by atoms with E-state index in [1.54, 1.807) is 49.4 Å². The minimum atomic E-state index is -1.63. The molecular weight excluding hydrogens is 492 g/mol. The number of hydrogen-bond acceptors (Lipinski definition) is 8. The van der Waals surface area contributed by atoms with Gasteiger partial charge in [0.25, 0.3) is 11.8 Å². The normalized spacial score (nSPS) is 24.0. The number of ether oxygens (including phenoxy) is 1. The van der Waals surface area contributed by atoms with Crippen LogP contribution in [0.4, 0.5) is 5.69 Å². The minimum absolute atomic E-state index is 0.0924. The highest BCUT2D eigenvalue weighted by Crippen LogP contribution is 2.27. The predicted molar refractivity (Wildman–Crippen MR) is 140 cm³/mol. The van der Waals surface area contributed by atoms with Crippen LogP contribution in [0, 0.1) is 5.92 Å². The zero-order valence-electron chi connectivity index (χ0n) is 21.6. The molecule has 1 aliphatic heterocycles. The quantitative estimate of drug-likeness (QED) is 0.194. The van der Waals surface area contributed by atoms with Crippen molar-refractivity contribution >= 4 is 17.5 Å². The number of hydroxylamine groups is 1. The third kappa shape index (κ3) is 8.07. The van der Waals surface area contributed by atoms with Crippen molar-refractivity contribution in [3.05, 3.63) is 66.2 Å².